The molecule has 0 aliphatic carbocycles. The monoisotopic (exact) mass is 333 g/mol. The molecule has 0 saturated carbocycles. The van der Waals surface area contributed by atoms with Crippen molar-refractivity contribution in [1.82, 2.24) is 10.3 Å². The van der Waals surface area contributed by atoms with E-state index in [9.17, 15) is 4.79 Å². The number of aromatic nitrogens is 1. The van der Waals surface area contributed by atoms with Crippen LogP contribution in [0.1, 0.15) is 16.9 Å². The minimum Gasteiger partial charge on any atom is -0.497 e. The highest BCUT2D eigenvalue weighted by Gasteiger charge is 2.23. The SMILES string of the molecule is COc1cccc(N2CCC(CNC(=O)c3cc(Cl)c[nH]3)C2)c1. The number of rotatable bonds is 5. The number of hydrogen-bond donors (Lipinski definition) is 2. The summed E-state index contributed by atoms with van der Waals surface area (Å²) in [5, 5.41) is 3.51. The van der Waals surface area contributed by atoms with Gasteiger partial charge in [0.05, 0.1) is 12.1 Å². The molecule has 1 aliphatic rings. The topological polar surface area (TPSA) is 57.4 Å². The normalized spacial score (nSPS) is 17.3. The molecule has 2 heterocycles. The molecule has 1 aromatic heterocycles. The third-order valence-corrected chi connectivity index (χ3v) is 4.37. The summed E-state index contributed by atoms with van der Waals surface area (Å²) in [7, 11) is 1.67. The number of benzene rings is 1. The molecule has 122 valence electrons. The Hall–Kier alpha value is -2.14. The van der Waals surface area contributed by atoms with Crippen molar-refractivity contribution in [2.45, 2.75) is 6.42 Å². The number of aromatic amines is 1. The molecule has 2 N–H and O–H groups in total. The summed E-state index contributed by atoms with van der Waals surface area (Å²) in [6.07, 6.45) is 2.67. The van der Waals surface area contributed by atoms with E-state index in [2.05, 4.69) is 21.3 Å². The standard InChI is InChI=1S/C17H20ClN3O2/c1-23-15-4-2-3-14(8-15)21-6-5-12(11-21)9-20-17(22)16-7-13(18)10-19-16/h2-4,7-8,10,12,19H,5-6,9,11H2,1H3,(H,20,22). The van der Waals surface area contributed by atoms with Gasteiger partial charge in [-0.05, 0) is 30.5 Å². The molecule has 3 rings (SSSR count). The molecule has 1 fully saturated rings. The number of nitrogens with one attached hydrogen (secondary N) is 2. The van der Waals surface area contributed by atoms with E-state index < -0.39 is 0 Å². The number of carbonyl (C=O) groups excluding carboxylic acids is 1. The van der Waals surface area contributed by atoms with Crippen LogP contribution < -0.4 is 15.0 Å². The summed E-state index contributed by atoms with van der Waals surface area (Å²) in [6, 6.07) is 9.71. The van der Waals surface area contributed by atoms with E-state index in [1.807, 2.05) is 18.2 Å². The second kappa shape index (κ2) is 6.96. The first-order valence-electron chi connectivity index (χ1n) is 7.67. The van der Waals surface area contributed by atoms with Crippen molar-refractivity contribution in [2.24, 2.45) is 5.92 Å². The first-order chi connectivity index (χ1) is 11.2. The van der Waals surface area contributed by atoms with E-state index in [4.69, 9.17) is 16.3 Å². The Morgan fingerprint density at radius 2 is 2.35 bits per heavy atom. The van der Waals surface area contributed by atoms with Crippen LogP contribution in [0.4, 0.5) is 5.69 Å². The van der Waals surface area contributed by atoms with Gasteiger partial charge in [-0.3, -0.25) is 4.79 Å². The number of anilines is 1. The molecule has 0 spiro atoms. The average molecular weight is 334 g/mol. The van der Waals surface area contributed by atoms with Gasteiger partial charge in [-0.15, -0.1) is 0 Å². The lowest BCUT2D eigenvalue weighted by Gasteiger charge is -2.19. The molecule has 23 heavy (non-hydrogen) atoms. The predicted molar refractivity (Wildman–Crippen MR) is 91.4 cm³/mol. The maximum atomic E-state index is 12.0. The minimum atomic E-state index is -0.114. The molecule has 1 amide bonds. The maximum absolute atomic E-state index is 12.0. The highest BCUT2D eigenvalue weighted by atomic mass is 35.5. The minimum absolute atomic E-state index is 0.114. The number of methoxy groups -OCH3 is 1. The first-order valence-corrected chi connectivity index (χ1v) is 8.04. The lowest BCUT2D eigenvalue weighted by molar-refractivity contribution is 0.0944. The van der Waals surface area contributed by atoms with Gasteiger partial charge in [-0.1, -0.05) is 17.7 Å². The first kappa shape index (κ1) is 15.7. The van der Waals surface area contributed by atoms with E-state index in [1.54, 1.807) is 19.4 Å². The van der Waals surface area contributed by atoms with Crippen LogP contribution in [0.5, 0.6) is 5.75 Å². The van der Waals surface area contributed by atoms with Crippen molar-refractivity contribution in [2.75, 3.05) is 31.6 Å². The summed E-state index contributed by atoms with van der Waals surface area (Å²) in [4.78, 5) is 17.2. The number of carbonyl (C=O) groups is 1. The van der Waals surface area contributed by atoms with Crippen molar-refractivity contribution in [3.63, 3.8) is 0 Å². The summed E-state index contributed by atoms with van der Waals surface area (Å²) in [6.45, 7) is 2.58. The van der Waals surface area contributed by atoms with Crippen molar-refractivity contribution in [3.05, 3.63) is 47.2 Å². The number of hydrogen-bond acceptors (Lipinski definition) is 3. The number of halogens is 1. The van der Waals surface area contributed by atoms with Gasteiger partial charge in [-0.25, -0.2) is 0 Å². The van der Waals surface area contributed by atoms with Crippen LogP contribution in [-0.4, -0.2) is 37.6 Å². The predicted octanol–water partition coefficient (Wildman–Crippen LogP) is 2.93. The number of nitrogens with zero attached hydrogens (tertiary/aromatic N) is 1. The smallest absolute Gasteiger partial charge is 0.267 e. The summed E-state index contributed by atoms with van der Waals surface area (Å²) in [5.41, 5.74) is 1.66. The van der Waals surface area contributed by atoms with Crippen molar-refractivity contribution < 1.29 is 9.53 Å². The zero-order valence-corrected chi connectivity index (χ0v) is 13.8. The van der Waals surface area contributed by atoms with E-state index in [1.165, 1.54) is 0 Å². The fourth-order valence-electron chi connectivity index (χ4n) is 2.87. The largest absolute Gasteiger partial charge is 0.497 e. The molecule has 1 unspecified atom stereocenters. The Kier molecular flexibility index (Phi) is 4.76. The van der Waals surface area contributed by atoms with Gasteiger partial charge >= 0.3 is 0 Å². The van der Waals surface area contributed by atoms with Crippen LogP contribution in [0.2, 0.25) is 5.02 Å². The second-order valence-electron chi connectivity index (χ2n) is 5.74. The van der Waals surface area contributed by atoms with Crippen LogP contribution in [0, 0.1) is 5.92 Å². The Bertz CT molecular complexity index is 686. The van der Waals surface area contributed by atoms with Gasteiger partial charge in [0, 0.05) is 37.6 Å². The van der Waals surface area contributed by atoms with E-state index in [0.29, 0.717) is 23.2 Å². The molecular weight excluding hydrogens is 314 g/mol. The molecule has 6 heteroatoms. The zero-order chi connectivity index (χ0) is 16.2. The lowest BCUT2D eigenvalue weighted by atomic mass is 10.1. The number of ether oxygens (including phenoxy) is 1. The molecule has 5 nitrogen and oxygen atoms in total. The van der Waals surface area contributed by atoms with Gasteiger partial charge in [0.25, 0.3) is 5.91 Å². The highest BCUT2D eigenvalue weighted by molar-refractivity contribution is 6.30. The Morgan fingerprint density at radius 3 is 3.09 bits per heavy atom. The molecule has 1 aromatic carbocycles. The van der Waals surface area contributed by atoms with Crippen LogP contribution >= 0.6 is 11.6 Å². The van der Waals surface area contributed by atoms with Crippen molar-refractivity contribution in [1.29, 1.82) is 0 Å². The third-order valence-electron chi connectivity index (χ3n) is 4.15. The van der Waals surface area contributed by atoms with Gasteiger partial charge < -0.3 is 19.9 Å². The quantitative estimate of drug-likeness (QED) is 0.884. The van der Waals surface area contributed by atoms with Crippen LogP contribution in [0.25, 0.3) is 0 Å². The fourth-order valence-corrected chi connectivity index (χ4v) is 3.04. The van der Waals surface area contributed by atoms with Crippen LogP contribution in [0.3, 0.4) is 0 Å². The van der Waals surface area contributed by atoms with Gasteiger partial charge in [0.1, 0.15) is 11.4 Å². The van der Waals surface area contributed by atoms with Crippen LogP contribution in [0.15, 0.2) is 36.5 Å². The van der Waals surface area contributed by atoms with Crippen molar-refractivity contribution in [3.8, 4) is 5.75 Å². The number of H-pyrrole nitrogens is 1. The molecular formula is C17H20ClN3O2. The Balaban J connectivity index is 1.52. The third kappa shape index (κ3) is 3.79. The van der Waals surface area contributed by atoms with E-state index in [-0.39, 0.29) is 5.91 Å². The Morgan fingerprint density at radius 1 is 1.48 bits per heavy atom. The zero-order valence-electron chi connectivity index (χ0n) is 13.0. The van der Waals surface area contributed by atoms with E-state index in [0.717, 1.165) is 30.9 Å². The summed E-state index contributed by atoms with van der Waals surface area (Å²) in [5.74, 6) is 1.19. The van der Waals surface area contributed by atoms with Crippen LogP contribution in [-0.2, 0) is 0 Å². The molecule has 2 aromatic rings. The van der Waals surface area contributed by atoms with Gasteiger partial charge in [0.2, 0.25) is 0 Å². The van der Waals surface area contributed by atoms with E-state index >= 15 is 0 Å². The lowest BCUT2D eigenvalue weighted by Crippen LogP contribution is -2.31. The molecule has 1 saturated heterocycles. The maximum Gasteiger partial charge on any atom is 0.267 e. The Labute approximate surface area is 140 Å². The fraction of sp³-hybridized carbons (Fsp3) is 0.353. The number of amides is 1. The highest BCUT2D eigenvalue weighted by Crippen LogP contribution is 2.26. The molecule has 0 bridgehead atoms. The molecule has 0 radical (unpaired) electrons. The average Bonchev–Trinajstić information content (AvgIpc) is 3.22. The van der Waals surface area contributed by atoms with Gasteiger partial charge in [0.15, 0.2) is 0 Å². The van der Waals surface area contributed by atoms with Crippen molar-refractivity contribution >= 4 is 23.2 Å². The summed E-state index contributed by atoms with van der Waals surface area (Å²) >= 11 is 5.82. The van der Waals surface area contributed by atoms with Gasteiger partial charge in [-0.2, -0.15) is 0 Å². The molecule has 1 aliphatic heterocycles. The summed E-state index contributed by atoms with van der Waals surface area (Å²) < 4.78 is 5.27. The molecule has 1 atom stereocenters. The second-order valence-corrected chi connectivity index (χ2v) is 6.18.